The Morgan fingerprint density at radius 1 is 1.33 bits per heavy atom. The zero-order valence-corrected chi connectivity index (χ0v) is 10.9. The molecule has 0 atom stereocenters. The van der Waals surface area contributed by atoms with Crippen LogP contribution in [-0.4, -0.2) is 26.6 Å². The van der Waals surface area contributed by atoms with Crippen LogP contribution < -0.4 is 5.32 Å². The maximum atomic E-state index is 11.2. The van der Waals surface area contributed by atoms with Gasteiger partial charge in [-0.1, -0.05) is 0 Å². The van der Waals surface area contributed by atoms with Crippen LogP contribution in [0.1, 0.15) is 33.4 Å². The van der Waals surface area contributed by atoms with Crippen LogP contribution in [0, 0.1) is 16.7 Å². The number of aromatic nitrogens is 2. The van der Waals surface area contributed by atoms with Gasteiger partial charge in [0.25, 0.3) is 0 Å². The summed E-state index contributed by atoms with van der Waals surface area (Å²) in [5.74, 6) is -0.463. The van der Waals surface area contributed by atoms with E-state index in [1.807, 2.05) is 6.07 Å². The smallest absolute Gasteiger partial charge is 0.311 e. The second-order valence-corrected chi connectivity index (χ2v) is 5.08. The second kappa shape index (κ2) is 4.61. The molecular weight excluding hydrogens is 232 g/mol. The lowest BCUT2D eigenvalue weighted by Gasteiger charge is -2.39. The number of anilines is 1. The van der Waals surface area contributed by atoms with E-state index in [1.54, 1.807) is 27.7 Å². The Hall–Kier alpha value is -2.16. The van der Waals surface area contributed by atoms with Gasteiger partial charge in [-0.25, -0.2) is 9.97 Å². The summed E-state index contributed by atoms with van der Waals surface area (Å²) >= 11 is 0. The lowest BCUT2D eigenvalue weighted by atomic mass is 9.74. The van der Waals surface area contributed by atoms with E-state index in [2.05, 4.69) is 15.3 Å². The van der Waals surface area contributed by atoms with Crippen LogP contribution >= 0.6 is 0 Å². The van der Waals surface area contributed by atoms with Crippen molar-refractivity contribution >= 4 is 11.8 Å². The SMILES string of the molecule is CC(C)(Nc1cnc(C#N)cn1)C(C)(C)C(=O)O. The Balaban J connectivity index is 2.95. The van der Waals surface area contributed by atoms with Crippen molar-refractivity contribution in [2.24, 2.45) is 5.41 Å². The maximum Gasteiger partial charge on any atom is 0.311 e. The van der Waals surface area contributed by atoms with Crippen molar-refractivity contribution in [2.45, 2.75) is 33.2 Å². The number of nitriles is 1. The Labute approximate surface area is 106 Å². The topological polar surface area (TPSA) is 98.9 Å². The van der Waals surface area contributed by atoms with Gasteiger partial charge in [-0.05, 0) is 27.7 Å². The molecule has 0 spiro atoms. The van der Waals surface area contributed by atoms with Crippen LogP contribution in [0.2, 0.25) is 0 Å². The van der Waals surface area contributed by atoms with E-state index in [4.69, 9.17) is 5.26 Å². The summed E-state index contributed by atoms with van der Waals surface area (Å²) in [6.07, 6.45) is 2.75. The fourth-order valence-corrected chi connectivity index (χ4v) is 1.19. The third-order valence-corrected chi connectivity index (χ3v) is 3.30. The van der Waals surface area contributed by atoms with Crippen LogP contribution in [0.3, 0.4) is 0 Å². The Morgan fingerprint density at radius 3 is 2.33 bits per heavy atom. The predicted molar refractivity (Wildman–Crippen MR) is 65.9 cm³/mol. The van der Waals surface area contributed by atoms with Gasteiger partial charge < -0.3 is 10.4 Å². The molecule has 1 rings (SSSR count). The van der Waals surface area contributed by atoms with Crippen molar-refractivity contribution in [2.75, 3.05) is 5.32 Å². The van der Waals surface area contributed by atoms with E-state index >= 15 is 0 Å². The second-order valence-electron chi connectivity index (χ2n) is 5.08. The molecule has 1 aromatic rings. The fourth-order valence-electron chi connectivity index (χ4n) is 1.19. The highest BCUT2D eigenvalue weighted by Crippen LogP contribution is 2.33. The van der Waals surface area contributed by atoms with Crippen molar-refractivity contribution in [3.8, 4) is 6.07 Å². The van der Waals surface area contributed by atoms with E-state index in [0.29, 0.717) is 5.82 Å². The van der Waals surface area contributed by atoms with Crippen molar-refractivity contribution < 1.29 is 9.90 Å². The van der Waals surface area contributed by atoms with Crippen LogP contribution in [-0.2, 0) is 4.79 Å². The van der Waals surface area contributed by atoms with Gasteiger partial charge in [0.2, 0.25) is 0 Å². The van der Waals surface area contributed by atoms with Gasteiger partial charge in [-0.15, -0.1) is 0 Å². The number of nitrogens with zero attached hydrogens (tertiary/aromatic N) is 3. The zero-order chi connectivity index (χ0) is 14.0. The number of hydrogen-bond acceptors (Lipinski definition) is 5. The Morgan fingerprint density at radius 2 is 1.94 bits per heavy atom. The molecule has 18 heavy (non-hydrogen) atoms. The highest BCUT2D eigenvalue weighted by molar-refractivity contribution is 5.76. The van der Waals surface area contributed by atoms with E-state index < -0.39 is 16.9 Å². The van der Waals surface area contributed by atoms with Crippen LogP contribution in [0.4, 0.5) is 5.82 Å². The molecular formula is C12H16N4O2. The average Bonchev–Trinajstić information content (AvgIpc) is 2.29. The largest absolute Gasteiger partial charge is 0.481 e. The molecule has 0 fully saturated rings. The molecule has 0 aliphatic heterocycles. The monoisotopic (exact) mass is 248 g/mol. The van der Waals surface area contributed by atoms with Crippen molar-refractivity contribution in [3.05, 3.63) is 18.1 Å². The van der Waals surface area contributed by atoms with Crippen LogP contribution in [0.25, 0.3) is 0 Å². The number of carboxylic acids is 1. The number of carboxylic acid groups (broad SMARTS) is 1. The summed E-state index contributed by atoms with van der Waals surface area (Å²) in [6.45, 7) is 6.83. The first-order valence-electron chi connectivity index (χ1n) is 5.44. The van der Waals surface area contributed by atoms with E-state index in [-0.39, 0.29) is 5.69 Å². The molecule has 6 nitrogen and oxygen atoms in total. The first-order valence-corrected chi connectivity index (χ1v) is 5.44. The lowest BCUT2D eigenvalue weighted by Crippen LogP contribution is -2.50. The minimum Gasteiger partial charge on any atom is -0.481 e. The molecule has 0 radical (unpaired) electrons. The fraction of sp³-hybridized carbons (Fsp3) is 0.500. The van der Waals surface area contributed by atoms with E-state index in [1.165, 1.54) is 12.4 Å². The highest BCUT2D eigenvalue weighted by Gasteiger charge is 2.43. The molecule has 1 aromatic heterocycles. The maximum absolute atomic E-state index is 11.2. The molecule has 0 unspecified atom stereocenters. The van der Waals surface area contributed by atoms with Crippen molar-refractivity contribution in [1.29, 1.82) is 5.26 Å². The van der Waals surface area contributed by atoms with Gasteiger partial charge in [0.05, 0.1) is 17.8 Å². The summed E-state index contributed by atoms with van der Waals surface area (Å²) in [7, 11) is 0. The summed E-state index contributed by atoms with van der Waals surface area (Å²) in [6, 6.07) is 1.87. The minimum atomic E-state index is -0.984. The Kier molecular flexibility index (Phi) is 3.56. The molecule has 0 saturated carbocycles. The van der Waals surface area contributed by atoms with Gasteiger partial charge in [0.1, 0.15) is 11.9 Å². The number of hydrogen-bond donors (Lipinski definition) is 2. The molecule has 6 heteroatoms. The van der Waals surface area contributed by atoms with E-state index in [9.17, 15) is 9.90 Å². The quantitative estimate of drug-likeness (QED) is 0.840. The first kappa shape index (κ1) is 13.9. The molecule has 1 heterocycles. The average molecular weight is 248 g/mol. The molecule has 0 bridgehead atoms. The molecule has 2 N–H and O–H groups in total. The standard InChI is InChI=1S/C12H16N4O2/c1-11(2,10(17)18)12(3,4)16-9-7-14-8(5-13)6-15-9/h6-7H,1-4H3,(H,15,16)(H,17,18). The lowest BCUT2D eigenvalue weighted by molar-refractivity contribution is -0.149. The molecule has 0 aliphatic rings. The third kappa shape index (κ3) is 2.56. The third-order valence-electron chi connectivity index (χ3n) is 3.30. The molecule has 0 aromatic carbocycles. The molecule has 0 saturated heterocycles. The summed E-state index contributed by atoms with van der Waals surface area (Å²) in [5, 5.41) is 20.9. The van der Waals surface area contributed by atoms with Gasteiger partial charge in [0, 0.05) is 5.54 Å². The van der Waals surface area contributed by atoms with Gasteiger partial charge in [-0.2, -0.15) is 5.26 Å². The first-order chi connectivity index (χ1) is 8.20. The molecule has 96 valence electrons. The van der Waals surface area contributed by atoms with Gasteiger partial charge >= 0.3 is 5.97 Å². The highest BCUT2D eigenvalue weighted by atomic mass is 16.4. The minimum absolute atomic E-state index is 0.218. The number of aliphatic carboxylic acids is 1. The summed E-state index contributed by atoms with van der Waals surface area (Å²) in [5.41, 5.74) is -1.49. The molecule has 0 aliphatic carbocycles. The van der Waals surface area contributed by atoms with Crippen molar-refractivity contribution in [3.63, 3.8) is 0 Å². The summed E-state index contributed by atoms with van der Waals surface area (Å²) < 4.78 is 0. The normalized spacial score (nSPS) is 11.7. The summed E-state index contributed by atoms with van der Waals surface area (Å²) in [4.78, 5) is 19.1. The van der Waals surface area contributed by atoms with Gasteiger partial charge in [-0.3, -0.25) is 4.79 Å². The zero-order valence-electron chi connectivity index (χ0n) is 10.9. The predicted octanol–water partition coefficient (Wildman–Crippen LogP) is 1.65. The van der Waals surface area contributed by atoms with Crippen LogP contribution in [0.5, 0.6) is 0 Å². The van der Waals surface area contributed by atoms with Gasteiger partial charge in [0.15, 0.2) is 5.69 Å². The van der Waals surface area contributed by atoms with Crippen molar-refractivity contribution in [1.82, 2.24) is 9.97 Å². The Bertz CT molecular complexity index is 486. The number of carbonyl (C=O) groups is 1. The van der Waals surface area contributed by atoms with E-state index in [0.717, 1.165) is 0 Å². The van der Waals surface area contributed by atoms with Crippen LogP contribution in [0.15, 0.2) is 12.4 Å². The number of nitrogens with one attached hydrogen (secondary N) is 1. The number of rotatable bonds is 4. The molecule has 0 amide bonds.